The molecule has 8 N–H and O–H groups in total. The standard InChI is InChI=1S/C44H42N6O5/c45-35(21-28-18-19-29-12-4-5-13-30(29)20-28)41(51)48-39(23-31-25-46-36-16-8-6-14-33(31)36)43(53)49-38(22-27-10-2-1-3-11-27)42(52)50-40(44(54)55)24-32-26-47-37-17-9-7-15-34(32)37/h1-20,25-26,35,38-40,46-47H,21-24,45H2,(H,48,51)(H,49,53)(H,50,52)(H,54,55)/t35-,38+,39+,40+/m0/s1. The normalized spacial score (nSPS) is 13.5. The highest BCUT2D eigenvalue weighted by molar-refractivity contribution is 5.95. The van der Waals surface area contributed by atoms with Crippen molar-refractivity contribution in [1.82, 2.24) is 25.9 Å². The minimum absolute atomic E-state index is 0.0193. The number of carboxylic acids is 1. The number of nitrogens with two attached hydrogens (primary N) is 1. The summed E-state index contributed by atoms with van der Waals surface area (Å²) in [6, 6.07) is 33.6. The molecule has 0 fully saturated rings. The molecule has 4 atom stereocenters. The number of hydrogen-bond donors (Lipinski definition) is 7. The molecule has 0 radical (unpaired) electrons. The quantitative estimate of drug-likeness (QED) is 0.0784. The molecule has 7 rings (SSSR count). The number of carboxylic acid groups (broad SMARTS) is 1. The van der Waals surface area contributed by atoms with Crippen molar-refractivity contribution in [2.24, 2.45) is 5.73 Å². The van der Waals surface area contributed by atoms with Crippen LogP contribution in [-0.4, -0.2) is 62.9 Å². The molecule has 0 aliphatic rings. The van der Waals surface area contributed by atoms with Crippen molar-refractivity contribution >= 4 is 56.3 Å². The number of para-hydroxylation sites is 2. The van der Waals surface area contributed by atoms with Gasteiger partial charge in [0.1, 0.15) is 18.1 Å². The van der Waals surface area contributed by atoms with E-state index in [1.54, 1.807) is 12.4 Å². The van der Waals surface area contributed by atoms with Gasteiger partial charge in [-0.15, -0.1) is 0 Å². The highest BCUT2D eigenvalue weighted by Crippen LogP contribution is 2.22. The van der Waals surface area contributed by atoms with Crippen LogP contribution in [0, 0.1) is 0 Å². The van der Waals surface area contributed by atoms with Gasteiger partial charge in [-0.25, -0.2) is 4.79 Å². The van der Waals surface area contributed by atoms with Gasteiger partial charge in [0.05, 0.1) is 6.04 Å². The Hall–Kier alpha value is -6.72. The Labute approximate surface area is 317 Å². The third kappa shape index (κ3) is 8.75. The molecule has 0 unspecified atom stereocenters. The van der Waals surface area contributed by atoms with Crippen molar-refractivity contribution < 1.29 is 24.3 Å². The molecule has 0 aliphatic heterocycles. The molecule has 11 nitrogen and oxygen atoms in total. The number of H-pyrrole nitrogens is 2. The summed E-state index contributed by atoms with van der Waals surface area (Å²) in [4.78, 5) is 60.9. The van der Waals surface area contributed by atoms with Crippen molar-refractivity contribution in [3.8, 4) is 0 Å². The maximum atomic E-state index is 14.3. The van der Waals surface area contributed by atoms with Gasteiger partial charge in [0.2, 0.25) is 17.7 Å². The summed E-state index contributed by atoms with van der Waals surface area (Å²) in [5.74, 6) is -3.03. The van der Waals surface area contributed by atoms with Crippen LogP contribution in [0.15, 0.2) is 134 Å². The minimum Gasteiger partial charge on any atom is -0.480 e. The molecule has 2 aromatic heterocycles. The van der Waals surface area contributed by atoms with Crippen molar-refractivity contribution in [3.63, 3.8) is 0 Å². The highest BCUT2D eigenvalue weighted by Gasteiger charge is 2.32. The van der Waals surface area contributed by atoms with E-state index >= 15 is 0 Å². The number of carbonyl (C=O) groups is 4. The van der Waals surface area contributed by atoms with E-state index in [1.165, 1.54) is 0 Å². The first-order valence-corrected chi connectivity index (χ1v) is 18.2. The van der Waals surface area contributed by atoms with E-state index in [0.29, 0.717) is 0 Å². The van der Waals surface area contributed by atoms with E-state index in [-0.39, 0.29) is 25.7 Å². The van der Waals surface area contributed by atoms with Crippen molar-refractivity contribution in [1.29, 1.82) is 0 Å². The molecule has 0 aliphatic carbocycles. The Morgan fingerprint density at radius 3 is 1.67 bits per heavy atom. The maximum absolute atomic E-state index is 14.3. The van der Waals surface area contributed by atoms with E-state index in [4.69, 9.17) is 5.73 Å². The van der Waals surface area contributed by atoms with Crippen LogP contribution in [0.25, 0.3) is 32.6 Å². The zero-order valence-corrected chi connectivity index (χ0v) is 30.0. The number of rotatable bonds is 15. The van der Waals surface area contributed by atoms with E-state index in [2.05, 4.69) is 25.9 Å². The average molecular weight is 735 g/mol. The van der Waals surface area contributed by atoms with Crippen molar-refractivity contribution in [3.05, 3.63) is 156 Å². The molecule has 2 heterocycles. The molecule has 3 amide bonds. The molecule has 5 aromatic carbocycles. The van der Waals surface area contributed by atoms with Gasteiger partial charge in [-0.2, -0.15) is 0 Å². The predicted molar refractivity (Wildman–Crippen MR) is 213 cm³/mol. The van der Waals surface area contributed by atoms with Crippen LogP contribution in [0.3, 0.4) is 0 Å². The number of aliphatic carboxylic acids is 1. The number of nitrogens with one attached hydrogen (secondary N) is 5. The van der Waals surface area contributed by atoms with Gasteiger partial charge in [0.25, 0.3) is 0 Å². The number of benzene rings is 5. The van der Waals surface area contributed by atoms with Gasteiger partial charge >= 0.3 is 5.97 Å². The fraction of sp³-hybridized carbons (Fsp3) is 0.182. The molecule has 0 spiro atoms. The Kier molecular flexibility index (Phi) is 11.0. The second kappa shape index (κ2) is 16.5. The van der Waals surface area contributed by atoms with Crippen LogP contribution in [0.5, 0.6) is 0 Å². The highest BCUT2D eigenvalue weighted by atomic mass is 16.4. The first-order chi connectivity index (χ1) is 26.7. The zero-order chi connectivity index (χ0) is 38.3. The Morgan fingerprint density at radius 2 is 1.04 bits per heavy atom. The Balaban J connectivity index is 1.12. The lowest BCUT2D eigenvalue weighted by atomic mass is 9.99. The SMILES string of the molecule is N[C@@H](Cc1ccc2ccccc2c1)C(=O)N[C@H](Cc1c[nH]c2ccccc12)C(=O)N[C@H](Cc1ccccc1)C(=O)N[C@H](Cc1c[nH]c2ccccc12)C(=O)O. The zero-order valence-electron chi connectivity index (χ0n) is 30.0. The van der Waals surface area contributed by atoms with Crippen LogP contribution in [0.2, 0.25) is 0 Å². The molecule has 11 heteroatoms. The van der Waals surface area contributed by atoms with E-state index < -0.39 is 47.9 Å². The van der Waals surface area contributed by atoms with Gasteiger partial charge in [0.15, 0.2) is 0 Å². The lowest BCUT2D eigenvalue weighted by Gasteiger charge is -2.25. The van der Waals surface area contributed by atoms with E-state index in [0.717, 1.165) is 54.8 Å². The van der Waals surface area contributed by atoms with Crippen molar-refractivity contribution in [2.45, 2.75) is 49.9 Å². The average Bonchev–Trinajstić information content (AvgIpc) is 3.81. The summed E-state index contributed by atoms with van der Waals surface area (Å²) in [5, 5.41) is 22.4. The van der Waals surface area contributed by atoms with E-state index in [1.807, 2.05) is 121 Å². The van der Waals surface area contributed by atoms with Crippen molar-refractivity contribution in [2.75, 3.05) is 0 Å². The Bertz CT molecular complexity index is 2470. The van der Waals surface area contributed by atoms with Crippen LogP contribution in [0.1, 0.15) is 22.3 Å². The number of carbonyl (C=O) groups excluding carboxylic acids is 3. The minimum atomic E-state index is -1.28. The molecular weight excluding hydrogens is 693 g/mol. The first kappa shape index (κ1) is 36.6. The van der Waals surface area contributed by atoms with Crippen LogP contribution in [0.4, 0.5) is 0 Å². The van der Waals surface area contributed by atoms with Gasteiger partial charge < -0.3 is 36.8 Å². The number of amides is 3. The van der Waals surface area contributed by atoms with Crippen LogP contribution in [-0.2, 0) is 44.9 Å². The lowest BCUT2D eigenvalue weighted by molar-refractivity contribution is -0.142. The first-order valence-electron chi connectivity index (χ1n) is 18.2. The van der Waals surface area contributed by atoms with Gasteiger partial charge in [0, 0.05) is 53.5 Å². The molecule has 278 valence electrons. The number of aromatic nitrogens is 2. The maximum Gasteiger partial charge on any atom is 0.326 e. The van der Waals surface area contributed by atoms with Crippen LogP contribution >= 0.6 is 0 Å². The smallest absolute Gasteiger partial charge is 0.326 e. The topological polar surface area (TPSA) is 182 Å². The summed E-state index contributed by atoms with van der Waals surface area (Å²) in [7, 11) is 0. The van der Waals surface area contributed by atoms with Crippen LogP contribution < -0.4 is 21.7 Å². The largest absolute Gasteiger partial charge is 0.480 e. The summed E-state index contributed by atoms with van der Waals surface area (Å²) in [6.45, 7) is 0. The second-order valence-corrected chi connectivity index (χ2v) is 13.8. The number of aromatic amines is 2. The molecule has 55 heavy (non-hydrogen) atoms. The molecule has 7 aromatic rings. The molecular formula is C44H42N6O5. The summed E-state index contributed by atoms with van der Waals surface area (Å²) < 4.78 is 0. The second-order valence-electron chi connectivity index (χ2n) is 13.8. The molecule has 0 saturated heterocycles. The number of fused-ring (bicyclic) bond motifs is 3. The fourth-order valence-corrected chi connectivity index (χ4v) is 7.05. The van der Waals surface area contributed by atoms with Gasteiger partial charge in [-0.05, 0) is 51.6 Å². The third-order valence-electron chi connectivity index (χ3n) is 9.97. The lowest BCUT2D eigenvalue weighted by Crippen LogP contribution is -2.58. The van der Waals surface area contributed by atoms with E-state index in [9.17, 15) is 24.3 Å². The number of hydrogen-bond acceptors (Lipinski definition) is 5. The Morgan fingerprint density at radius 1 is 0.527 bits per heavy atom. The van der Waals surface area contributed by atoms with Gasteiger partial charge in [-0.1, -0.05) is 109 Å². The fourth-order valence-electron chi connectivity index (χ4n) is 7.05. The molecule has 0 saturated carbocycles. The molecule has 0 bridgehead atoms. The predicted octanol–water partition coefficient (Wildman–Crippen LogP) is 4.94. The summed E-state index contributed by atoms with van der Waals surface area (Å²) in [6.07, 6.45) is 3.96. The third-order valence-corrected chi connectivity index (χ3v) is 9.97. The summed E-state index contributed by atoms with van der Waals surface area (Å²) >= 11 is 0. The monoisotopic (exact) mass is 734 g/mol. The van der Waals surface area contributed by atoms with Gasteiger partial charge in [-0.3, -0.25) is 14.4 Å². The summed E-state index contributed by atoms with van der Waals surface area (Å²) in [5.41, 5.74) is 11.3.